The molecule has 0 saturated heterocycles. The number of nitrogens with two attached hydrogens (primary N) is 1. The summed E-state index contributed by atoms with van der Waals surface area (Å²) in [7, 11) is -2.81. The van der Waals surface area contributed by atoms with E-state index in [1.54, 1.807) is 19.9 Å². The van der Waals surface area contributed by atoms with Gasteiger partial charge < -0.3 is 5.73 Å². The molecule has 102 valence electrons. The molecular weight excluding hydrogens is 262 g/mol. The SMILES string of the molecule is Cc1cc(N)cc(S(=O)(=O)N(C)CC(F)F)c1C. The Morgan fingerprint density at radius 1 is 1.33 bits per heavy atom. The van der Waals surface area contributed by atoms with Gasteiger partial charge in [0, 0.05) is 12.7 Å². The Labute approximate surface area is 105 Å². The molecule has 1 aromatic rings. The van der Waals surface area contributed by atoms with Crippen LogP contribution >= 0.6 is 0 Å². The van der Waals surface area contributed by atoms with Gasteiger partial charge in [-0.15, -0.1) is 0 Å². The zero-order valence-electron chi connectivity index (χ0n) is 10.4. The molecule has 0 atom stereocenters. The van der Waals surface area contributed by atoms with Crippen LogP contribution in [0.4, 0.5) is 14.5 Å². The lowest BCUT2D eigenvalue weighted by Gasteiger charge is -2.19. The zero-order valence-corrected chi connectivity index (χ0v) is 11.3. The second-order valence-electron chi connectivity index (χ2n) is 4.14. The van der Waals surface area contributed by atoms with Crippen LogP contribution in [0, 0.1) is 13.8 Å². The number of anilines is 1. The fourth-order valence-electron chi connectivity index (χ4n) is 1.58. The Hall–Kier alpha value is -1.21. The lowest BCUT2D eigenvalue weighted by molar-refractivity contribution is 0.126. The van der Waals surface area contributed by atoms with Crippen molar-refractivity contribution in [2.24, 2.45) is 0 Å². The number of rotatable bonds is 4. The number of nitrogen functional groups attached to an aromatic ring is 1. The van der Waals surface area contributed by atoms with Crippen molar-refractivity contribution in [2.45, 2.75) is 25.2 Å². The van der Waals surface area contributed by atoms with Crippen LogP contribution in [0.2, 0.25) is 0 Å². The van der Waals surface area contributed by atoms with Gasteiger partial charge in [-0.2, -0.15) is 4.31 Å². The molecule has 0 unspecified atom stereocenters. The fourth-order valence-corrected chi connectivity index (χ4v) is 3.06. The van der Waals surface area contributed by atoms with Gasteiger partial charge in [0.25, 0.3) is 6.43 Å². The van der Waals surface area contributed by atoms with Crippen LogP contribution in [0.1, 0.15) is 11.1 Å². The van der Waals surface area contributed by atoms with Gasteiger partial charge in [0.05, 0.1) is 11.4 Å². The Bertz CT molecular complexity index is 544. The maximum Gasteiger partial charge on any atom is 0.252 e. The van der Waals surface area contributed by atoms with Gasteiger partial charge in [-0.05, 0) is 37.1 Å². The van der Waals surface area contributed by atoms with Crippen LogP contribution in [-0.4, -0.2) is 32.7 Å². The van der Waals surface area contributed by atoms with E-state index in [2.05, 4.69) is 0 Å². The highest BCUT2D eigenvalue weighted by molar-refractivity contribution is 7.89. The largest absolute Gasteiger partial charge is 0.399 e. The summed E-state index contributed by atoms with van der Waals surface area (Å²) in [6.07, 6.45) is -2.72. The van der Waals surface area contributed by atoms with Crippen LogP contribution < -0.4 is 5.73 Å². The molecule has 0 fully saturated rings. The highest BCUT2D eigenvalue weighted by atomic mass is 32.2. The lowest BCUT2D eigenvalue weighted by atomic mass is 10.1. The van der Waals surface area contributed by atoms with Crippen LogP contribution in [0.25, 0.3) is 0 Å². The second kappa shape index (κ2) is 5.19. The van der Waals surface area contributed by atoms with E-state index in [9.17, 15) is 17.2 Å². The van der Waals surface area contributed by atoms with Crippen molar-refractivity contribution >= 4 is 15.7 Å². The second-order valence-corrected chi connectivity index (χ2v) is 6.15. The molecule has 0 heterocycles. The van der Waals surface area contributed by atoms with Crippen molar-refractivity contribution in [1.29, 1.82) is 0 Å². The van der Waals surface area contributed by atoms with Gasteiger partial charge in [0.2, 0.25) is 10.0 Å². The Balaban J connectivity index is 3.29. The topological polar surface area (TPSA) is 63.4 Å². The third-order valence-electron chi connectivity index (χ3n) is 2.73. The first kappa shape index (κ1) is 14.8. The first-order chi connectivity index (χ1) is 8.16. The predicted octanol–water partition coefficient (Wildman–Crippen LogP) is 1.77. The average Bonchev–Trinajstić information content (AvgIpc) is 2.22. The maximum atomic E-state index is 12.3. The molecule has 1 rings (SSSR count). The molecule has 1 aromatic carbocycles. The van der Waals surface area contributed by atoms with Gasteiger partial charge >= 0.3 is 0 Å². The highest BCUT2D eigenvalue weighted by Gasteiger charge is 2.26. The normalized spacial score (nSPS) is 12.4. The number of sulfonamides is 1. The van der Waals surface area contributed by atoms with Crippen molar-refractivity contribution in [3.8, 4) is 0 Å². The molecule has 0 bridgehead atoms. The molecule has 7 heteroatoms. The van der Waals surface area contributed by atoms with Crippen LogP contribution in [0.5, 0.6) is 0 Å². The molecule has 0 aromatic heterocycles. The van der Waals surface area contributed by atoms with Gasteiger partial charge in [0.1, 0.15) is 0 Å². The quantitative estimate of drug-likeness (QED) is 0.854. The van der Waals surface area contributed by atoms with E-state index in [1.165, 1.54) is 6.07 Å². The van der Waals surface area contributed by atoms with Crippen LogP contribution in [0.3, 0.4) is 0 Å². The van der Waals surface area contributed by atoms with Crippen molar-refractivity contribution in [1.82, 2.24) is 4.31 Å². The summed E-state index contributed by atoms with van der Waals surface area (Å²) in [5.74, 6) is 0. The summed E-state index contributed by atoms with van der Waals surface area (Å²) >= 11 is 0. The van der Waals surface area contributed by atoms with Gasteiger partial charge in [-0.1, -0.05) is 0 Å². The van der Waals surface area contributed by atoms with Crippen molar-refractivity contribution in [3.05, 3.63) is 23.3 Å². The Morgan fingerprint density at radius 2 is 1.89 bits per heavy atom. The number of alkyl halides is 2. The monoisotopic (exact) mass is 278 g/mol. The molecule has 0 aliphatic carbocycles. The molecule has 4 nitrogen and oxygen atoms in total. The van der Waals surface area contributed by atoms with E-state index in [0.717, 1.165) is 7.05 Å². The highest BCUT2D eigenvalue weighted by Crippen LogP contribution is 2.25. The van der Waals surface area contributed by atoms with Gasteiger partial charge in [0.15, 0.2) is 0 Å². The molecular formula is C11H16F2N2O2S. The molecule has 2 N–H and O–H groups in total. The molecule has 0 amide bonds. The molecule has 0 aliphatic rings. The minimum Gasteiger partial charge on any atom is -0.399 e. The maximum absolute atomic E-state index is 12.3. The van der Waals surface area contributed by atoms with Crippen molar-refractivity contribution in [3.63, 3.8) is 0 Å². The van der Waals surface area contributed by atoms with E-state index < -0.39 is 23.0 Å². The van der Waals surface area contributed by atoms with Crippen LogP contribution in [0.15, 0.2) is 17.0 Å². The van der Waals surface area contributed by atoms with E-state index in [-0.39, 0.29) is 4.90 Å². The first-order valence-corrected chi connectivity index (χ1v) is 6.71. The molecule has 18 heavy (non-hydrogen) atoms. The third kappa shape index (κ3) is 2.97. The summed E-state index contributed by atoms with van der Waals surface area (Å²) in [4.78, 5) is -0.0249. The number of benzene rings is 1. The van der Waals surface area contributed by atoms with E-state index in [0.29, 0.717) is 21.1 Å². The predicted molar refractivity (Wildman–Crippen MR) is 66.1 cm³/mol. The van der Waals surface area contributed by atoms with Gasteiger partial charge in [-0.25, -0.2) is 17.2 Å². The molecule has 0 saturated carbocycles. The number of halogens is 2. The first-order valence-electron chi connectivity index (χ1n) is 5.27. The summed E-state index contributed by atoms with van der Waals surface area (Å²) in [5, 5.41) is 0. The minimum atomic E-state index is -3.94. The Morgan fingerprint density at radius 3 is 2.39 bits per heavy atom. The zero-order chi connectivity index (χ0) is 14.1. The number of nitrogens with zero attached hydrogens (tertiary/aromatic N) is 1. The molecule has 0 radical (unpaired) electrons. The third-order valence-corrected chi connectivity index (χ3v) is 4.67. The van der Waals surface area contributed by atoms with E-state index >= 15 is 0 Å². The molecule has 0 aliphatic heterocycles. The smallest absolute Gasteiger partial charge is 0.252 e. The number of hydrogen-bond donors (Lipinski definition) is 1. The molecule has 0 spiro atoms. The number of aryl methyl sites for hydroxylation is 1. The summed E-state index contributed by atoms with van der Waals surface area (Å²) in [6, 6.07) is 2.93. The van der Waals surface area contributed by atoms with Gasteiger partial charge in [-0.3, -0.25) is 0 Å². The minimum absolute atomic E-state index is 0.0249. The summed E-state index contributed by atoms with van der Waals surface area (Å²) in [6.45, 7) is 2.51. The summed E-state index contributed by atoms with van der Waals surface area (Å²) in [5.41, 5.74) is 7.12. The van der Waals surface area contributed by atoms with Crippen molar-refractivity contribution in [2.75, 3.05) is 19.3 Å². The Kier molecular flexibility index (Phi) is 4.28. The standard InChI is InChI=1S/C11H16F2N2O2S/c1-7-4-9(14)5-10(8(7)2)18(16,17)15(3)6-11(12)13/h4-5,11H,6,14H2,1-3H3. The lowest BCUT2D eigenvalue weighted by Crippen LogP contribution is -2.32. The summed E-state index contributed by atoms with van der Waals surface area (Å²) < 4.78 is 49.4. The van der Waals surface area contributed by atoms with Crippen LogP contribution in [-0.2, 0) is 10.0 Å². The fraction of sp³-hybridized carbons (Fsp3) is 0.455. The van der Waals surface area contributed by atoms with E-state index in [1.807, 2.05) is 0 Å². The average molecular weight is 278 g/mol. The van der Waals surface area contributed by atoms with Crippen molar-refractivity contribution < 1.29 is 17.2 Å². The number of hydrogen-bond acceptors (Lipinski definition) is 3. The van der Waals surface area contributed by atoms with E-state index in [4.69, 9.17) is 5.73 Å².